The van der Waals surface area contributed by atoms with E-state index in [4.69, 9.17) is 5.14 Å². The number of nitro benzene ring substituents is 1. The van der Waals surface area contributed by atoms with Gasteiger partial charge in [0, 0.05) is 6.07 Å². The fourth-order valence-corrected chi connectivity index (χ4v) is 1.86. The van der Waals surface area contributed by atoms with Crippen molar-refractivity contribution in [2.24, 2.45) is 5.14 Å². The zero-order valence-corrected chi connectivity index (χ0v) is 9.58. The minimum Gasteiger partial charge on any atom is -0.271 e. The van der Waals surface area contributed by atoms with E-state index in [1.165, 1.54) is 12.1 Å². The number of anilines is 1. The zero-order valence-electron chi connectivity index (χ0n) is 7.18. The molecule has 0 fully saturated rings. The average Bonchev–Trinajstić information content (AvgIpc) is 1.99. The molecule has 3 N–H and O–H groups in total. The van der Waals surface area contributed by atoms with Gasteiger partial charge in [-0.2, -0.15) is 8.42 Å². The molecule has 1 rings (SSSR count). The molecule has 9 heteroatoms. The van der Waals surface area contributed by atoms with Crippen molar-refractivity contribution in [3.63, 3.8) is 0 Å². The molecule has 0 saturated carbocycles. The molecule has 0 saturated heterocycles. The lowest BCUT2D eigenvalue weighted by molar-refractivity contribution is -0.385. The van der Waals surface area contributed by atoms with Gasteiger partial charge in [-0.25, -0.2) is 5.14 Å². The zero-order chi connectivity index (χ0) is 11.6. The van der Waals surface area contributed by atoms with Crippen molar-refractivity contribution in [2.45, 2.75) is 0 Å². The molecule has 0 aliphatic rings. The second-order valence-electron chi connectivity index (χ2n) is 2.57. The molecule has 82 valence electrons. The van der Waals surface area contributed by atoms with Gasteiger partial charge in [-0.15, -0.1) is 0 Å². The van der Waals surface area contributed by atoms with Crippen LogP contribution in [0, 0.1) is 10.1 Å². The molecule has 15 heavy (non-hydrogen) atoms. The van der Waals surface area contributed by atoms with Crippen LogP contribution in [0.4, 0.5) is 11.4 Å². The maximum atomic E-state index is 10.6. The summed E-state index contributed by atoms with van der Waals surface area (Å²) in [5.41, 5.74) is -0.00931. The van der Waals surface area contributed by atoms with Gasteiger partial charge >= 0.3 is 0 Å². The van der Waals surface area contributed by atoms with E-state index in [0.29, 0.717) is 0 Å². The SMILES string of the molecule is NS(=O)(=O)Nc1ccc([N+](=O)[O-])c(Br)c1. The normalized spacial score (nSPS) is 11.1. The Morgan fingerprint density at radius 1 is 1.47 bits per heavy atom. The number of hydrogen-bond acceptors (Lipinski definition) is 4. The highest BCUT2D eigenvalue weighted by atomic mass is 79.9. The van der Waals surface area contributed by atoms with Gasteiger partial charge in [0.1, 0.15) is 0 Å². The Kier molecular flexibility index (Phi) is 3.27. The summed E-state index contributed by atoms with van der Waals surface area (Å²) in [4.78, 5) is 9.84. The van der Waals surface area contributed by atoms with Crippen LogP contribution in [0.25, 0.3) is 0 Å². The highest BCUT2D eigenvalue weighted by molar-refractivity contribution is 9.10. The van der Waals surface area contributed by atoms with E-state index in [-0.39, 0.29) is 15.8 Å². The molecule has 1 aromatic carbocycles. The second kappa shape index (κ2) is 4.13. The third-order valence-electron chi connectivity index (χ3n) is 1.40. The first-order valence-electron chi connectivity index (χ1n) is 3.54. The molecule has 0 unspecified atom stereocenters. The van der Waals surface area contributed by atoms with Gasteiger partial charge in [0.25, 0.3) is 15.9 Å². The smallest absolute Gasteiger partial charge is 0.271 e. The van der Waals surface area contributed by atoms with Crippen molar-refractivity contribution < 1.29 is 13.3 Å². The van der Waals surface area contributed by atoms with E-state index >= 15 is 0 Å². The third-order valence-corrected chi connectivity index (χ3v) is 2.56. The predicted molar refractivity (Wildman–Crippen MR) is 57.5 cm³/mol. The van der Waals surface area contributed by atoms with Crippen LogP contribution in [0.1, 0.15) is 0 Å². The van der Waals surface area contributed by atoms with Gasteiger partial charge in [-0.05, 0) is 28.1 Å². The lowest BCUT2D eigenvalue weighted by atomic mass is 10.3. The molecule has 0 radical (unpaired) electrons. The van der Waals surface area contributed by atoms with E-state index in [2.05, 4.69) is 15.9 Å². The standard InChI is InChI=1S/C6H6BrN3O4S/c7-5-3-4(9-15(8,13)14)1-2-6(5)10(11)12/h1-3,9H,(H2,8,13,14). The number of hydrogen-bond donors (Lipinski definition) is 2. The van der Waals surface area contributed by atoms with Gasteiger partial charge < -0.3 is 0 Å². The highest BCUT2D eigenvalue weighted by Crippen LogP contribution is 2.27. The van der Waals surface area contributed by atoms with E-state index in [9.17, 15) is 18.5 Å². The molecule has 7 nitrogen and oxygen atoms in total. The first-order valence-corrected chi connectivity index (χ1v) is 5.88. The molecule has 0 spiro atoms. The Bertz CT molecular complexity index is 501. The predicted octanol–water partition coefficient (Wildman–Crippen LogP) is 0.973. The fourth-order valence-electron chi connectivity index (χ4n) is 0.883. The Balaban J connectivity index is 3.07. The largest absolute Gasteiger partial charge is 0.296 e. The Morgan fingerprint density at radius 2 is 2.07 bits per heavy atom. The van der Waals surface area contributed by atoms with Crippen molar-refractivity contribution in [1.29, 1.82) is 0 Å². The first kappa shape index (κ1) is 11.9. The summed E-state index contributed by atoms with van der Waals surface area (Å²) in [6, 6.07) is 3.66. The van der Waals surface area contributed by atoms with Crippen LogP contribution in [0.3, 0.4) is 0 Å². The van der Waals surface area contributed by atoms with Crippen molar-refractivity contribution in [2.75, 3.05) is 4.72 Å². The maximum absolute atomic E-state index is 10.6. The van der Waals surface area contributed by atoms with Crippen LogP contribution >= 0.6 is 15.9 Å². The van der Waals surface area contributed by atoms with E-state index in [1.807, 2.05) is 4.72 Å². The number of nitro groups is 1. The molecular formula is C6H6BrN3O4S. The second-order valence-corrected chi connectivity index (χ2v) is 4.72. The molecule has 0 aliphatic carbocycles. The molecule has 1 aromatic rings. The summed E-state index contributed by atoms with van der Waals surface area (Å²) in [7, 11) is -3.87. The minimum absolute atomic E-state index is 0.148. The summed E-state index contributed by atoms with van der Waals surface area (Å²) in [6.45, 7) is 0. The first-order chi connectivity index (χ1) is 6.79. The van der Waals surface area contributed by atoms with Gasteiger partial charge in [-0.3, -0.25) is 14.8 Å². The van der Waals surface area contributed by atoms with Gasteiger partial charge in [0.2, 0.25) is 0 Å². The van der Waals surface area contributed by atoms with Crippen LogP contribution in [-0.2, 0) is 10.2 Å². The molecule has 0 aromatic heterocycles. The summed E-state index contributed by atoms with van der Waals surface area (Å²) in [5, 5.41) is 15.2. The Labute approximate surface area is 93.7 Å². The molecular weight excluding hydrogens is 290 g/mol. The molecule has 0 amide bonds. The molecule has 0 heterocycles. The number of rotatable bonds is 3. The van der Waals surface area contributed by atoms with Crippen molar-refractivity contribution in [1.82, 2.24) is 0 Å². The number of halogens is 1. The van der Waals surface area contributed by atoms with E-state index < -0.39 is 15.1 Å². The van der Waals surface area contributed by atoms with Crippen molar-refractivity contribution in [3.8, 4) is 0 Å². The fraction of sp³-hybridized carbons (Fsp3) is 0. The summed E-state index contributed by atoms with van der Waals surface area (Å²) in [6.07, 6.45) is 0. The lowest BCUT2D eigenvalue weighted by Gasteiger charge is -2.03. The quantitative estimate of drug-likeness (QED) is 0.638. The number of nitrogens with one attached hydrogen (secondary N) is 1. The average molecular weight is 296 g/mol. The highest BCUT2D eigenvalue weighted by Gasteiger charge is 2.12. The maximum Gasteiger partial charge on any atom is 0.296 e. The Hall–Kier alpha value is -1.19. The summed E-state index contributed by atoms with van der Waals surface area (Å²) in [5.74, 6) is 0. The summed E-state index contributed by atoms with van der Waals surface area (Å²) >= 11 is 2.94. The monoisotopic (exact) mass is 295 g/mol. The molecule has 0 aliphatic heterocycles. The number of benzene rings is 1. The topological polar surface area (TPSA) is 115 Å². The summed E-state index contributed by atoms with van der Waals surface area (Å²) < 4.78 is 23.4. The van der Waals surface area contributed by atoms with Crippen LogP contribution in [0.2, 0.25) is 0 Å². The minimum atomic E-state index is -3.87. The molecule has 0 atom stereocenters. The van der Waals surface area contributed by atoms with Crippen LogP contribution in [0.15, 0.2) is 22.7 Å². The van der Waals surface area contributed by atoms with Gasteiger partial charge in [0.15, 0.2) is 0 Å². The number of nitrogens with two attached hydrogens (primary N) is 1. The van der Waals surface area contributed by atoms with Crippen LogP contribution in [-0.4, -0.2) is 13.3 Å². The van der Waals surface area contributed by atoms with Crippen LogP contribution < -0.4 is 9.86 Å². The van der Waals surface area contributed by atoms with E-state index in [1.54, 1.807) is 0 Å². The number of nitrogens with zero attached hydrogens (tertiary/aromatic N) is 1. The van der Waals surface area contributed by atoms with Gasteiger partial charge in [-0.1, -0.05) is 0 Å². The van der Waals surface area contributed by atoms with E-state index in [0.717, 1.165) is 6.07 Å². The van der Waals surface area contributed by atoms with Crippen molar-refractivity contribution in [3.05, 3.63) is 32.8 Å². The molecule has 0 bridgehead atoms. The van der Waals surface area contributed by atoms with Crippen LogP contribution in [0.5, 0.6) is 0 Å². The van der Waals surface area contributed by atoms with Crippen molar-refractivity contribution >= 4 is 37.5 Å². The lowest BCUT2D eigenvalue weighted by Crippen LogP contribution is -2.21. The Morgan fingerprint density at radius 3 is 2.47 bits per heavy atom. The third kappa shape index (κ3) is 3.46. The van der Waals surface area contributed by atoms with Gasteiger partial charge in [0.05, 0.1) is 15.1 Å².